The average molecular weight is 153 g/mol. The molecule has 10 heavy (non-hydrogen) atoms. The zero-order valence-corrected chi connectivity index (χ0v) is 6.60. The molecule has 0 unspecified atom stereocenters. The lowest BCUT2D eigenvalue weighted by Gasteiger charge is -1.90. The zero-order valence-electron chi connectivity index (χ0n) is 5.84. The minimum atomic E-state index is 0.785. The highest BCUT2D eigenvalue weighted by atomic mass is 35.5. The smallest absolute Gasteiger partial charge is 0.0406 e. The van der Waals surface area contributed by atoms with Crippen LogP contribution in [0.1, 0.15) is 12.5 Å². The van der Waals surface area contributed by atoms with Crippen LogP contribution in [0.25, 0.3) is 6.08 Å². The molecule has 0 saturated heterocycles. The van der Waals surface area contributed by atoms with Crippen molar-refractivity contribution in [3.05, 3.63) is 40.9 Å². The topological polar surface area (TPSA) is 0 Å². The molecule has 0 saturated carbocycles. The number of benzene rings is 1. The van der Waals surface area contributed by atoms with Crippen LogP contribution in [0.5, 0.6) is 0 Å². The predicted molar refractivity (Wildman–Crippen MR) is 46.2 cm³/mol. The van der Waals surface area contributed by atoms with Gasteiger partial charge in [-0.3, -0.25) is 0 Å². The molecule has 0 heterocycles. The van der Waals surface area contributed by atoms with Gasteiger partial charge in [0, 0.05) is 5.02 Å². The molecule has 0 aliphatic heterocycles. The summed E-state index contributed by atoms with van der Waals surface area (Å²) in [5, 5.41) is 0.785. The van der Waals surface area contributed by atoms with E-state index in [1.165, 1.54) is 5.56 Å². The van der Waals surface area contributed by atoms with Crippen LogP contribution in [0.15, 0.2) is 30.3 Å². The Morgan fingerprint density at radius 1 is 1.20 bits per heavy atom. The molecule has 0 nitrogen and oxygen atoms in total. The van der Waals surface area contributed by atoms with Gasteiger partial charge in [0.05, 0.1) is 0 Å². The summed E-state index contributed by atoms with van der Waals surface area (Å²) in [7, 11) is 0. The number of halogens is 1. The summed E-state index contributed by atoms with van der Waals surface area (Å²) in [6.07, 6.45) is 4.04. The number of hydrogen-bond acceptors (Lipinski definition) is 0. The SMILES string of the molecule is CC=Cc1ccc(Cl)cc1. The lowest BCUT2D eigenvalue weighted by Crippen LogP contribution is -1.68. The van der Waals surface area contributed by atoms with Crippen molar-refractivity contribution in [3.8, 4) is 0 Å². The van der Waals surface area contributed by atoms with Gasteiger partial charge in [-0.05, 0) is 24.6 Å². The molecule has 0 amide bonds. The van der Waals surface area contributed by atoms with Crippen molar-refractivity contribution in [2.75, 3.05) is 0 Å². The van der Waals surface area contributed by atoms with Gasteiger partial charge in [0.25, 0.3) is 0 Å². The van der Waals surface area contributed by atoms with Crippen LogP contribution in [0.3, 0.4) is 0 Å². The van der Waals surface area contributed by atoms with E-state index in [2.05, 4.69) is 0 Å². The molecule has 0 aliphatic rings. The largest absolute Gasteiger partial charge is 0.0871 e. The summed E-state index contributed by atoms with van der Waals surface area (Å²) in [5.41, 5.74) is 1.19. The van der Waals surface area contributed by atoms with Gasteiger partial charge in [-0.15, -0.1) is 0 Å². The van der Waals surface area contributed by atoms with Crippen LogP contribution < -0.4 is 0 Å². The van der Waals surface area contributed by atoms with E-state index in [0.717, 1.165) is 5.02 Å². The molecule has 1 aromatic carbocycles. The number of allylic oxidation sites excluding steroid dienone is 1. The van der Waals surface area contributed by atoms with E-state index in [4.69, 9.17) is 11.6 Å². The molecular weight excluding hydrogens is 144 g/mol. The van der Waals surface area contributed by atoms with Crippen LogP contribution in [-0.2, 0) is 0 Å². The highest BCUT2D eigenvalue weighted by molar-refractivity contribution is 6.30. The first-order valence-electron chi connectivity index (χ1n) is 3.21. The second kappa shape index (κ2) is 3.43. The standard InChI is InChI=1S/C9H9Cl/c1-2-3-8-4-6-9(10)7-5-8/h2-7H,1H3. The molecule has 0 radical (unpaired) electrons. The monoisotopic (exact) mass is 152 g/mol. The van der Waals surface area contributed by atoms with Gasteiger partial charge in [-0.2, -0.15) is 0 Å². The van der Waals surface area contributed by atoms with Gasteiger partial charge in [0.1, 0.15) is 0 Å². The molecule has 0 spiro atoms. The summed E-state index contributed by atoms with van der Waals surface area (Å²) in [6.45, 7) is 1.99. The minimum Gasteiger partial charge on any atom is -0.0871 e. The highest BCUT2D eigenvalue weighted by Crippen LogP contribution is 2.10. The molecule has 0 N–H and O–H groups in total. The van der Waals surface area contributed by atoms with Gasteiger partial charge >= 0.3 is 0 Å². The Morgan fingerprint density at radius 2 is 1.80 bits per heavy atom. The quantitative estimate of drug-likeness (QED) is 0.579. The van der Waals surface area contributed by atoms with Crippen molar-refractivity contribution in [2.45, 2.75) is 6.92 Å². The van der Waals surface area contributed by atoms with Crippen LogP contribution in [0, 0.1) is 0 Å². The van der Waals surface area contributed by atoms with E-state index in [0.29, 0.717) is 0 Å². The summed E-state index contributed by atoms with van der Waals surface area (Å²) >= 11 is 5.69. The van der Waals surface area contributed by atoms with E-state index in [-0.39, 0.29) is 0 Å². The average Bonchev–Trinajstić information content (AvgIpc) is 1.95. The fourth-order valence-corrected chi connectivity index (χ4v) is 0.892. The highest BCUT2D eigenvalue weighted by Gasteiger charge is 1.84. The molecule has 0 atom stereocenters. The Balaban J connectivity index is 2.89. The summed E-state index contributed by atoms with van der Waals surface area (Å²) in [4.78, 5) is 0. The van der Waals surface area contributed by atoms with E-state index in [9.17, 15) is 0 Å². The van der Waals surface area contributed by atoms with Crippen molar-refractivity contribution in [3.63, 3.8) is 0 Å². The van der Waals surface area contributed by atoms with Crippen molar-refractivity contribution in [1.82, 2.24) is 0 Å². The molecule has 0 aliphatic carbocycles. The van der Waals surface area contributed by atoms with E-state index in [1.54, 1.807) is 0 Å². The van der Waals surface area contributed by atoms with Crippen molar-refractivity contribution < 1.29 is 0 Å². The Morgan fingerprint density at radius 3 is 2.30 bits per heavy atom. The van der Waals surface area contributed by atoms with Gasteiger partial charge in [0.2, 0.25) is 0 Å². The van der Waals surface area contributed by atoms with Gasteiger partial charge < -0.3 is 0 Å². The maximum atomic E-state index is 5.69. The molecule has 1 heteroatoms. The predicted octanol–water partition coefficient (Wildman–Crippen LogP) is 3.37. The molecule has 1 rings (SSSR count). The first kappa shape index (κ1) is 7.36. The number of rotatable bonds is 1. The Hall–Kier alpha value is -0.750. The van der Waals surface area contributed by atoms with E-state index >= 15 is 0 Å². The van der Waals surface area contributed by atoms with Crippen molar-refractivity contribution in [1.29, 1.82) is 0 Å². The maximum absolute atomic E-state index is 5.69. The lowest BCUT2D eigenvalue weighted by molar-refractivity contribution is 1.64. The third-order valence-corrected chi connectivity index (χ3v) is 1.48. The maximum Gasteiger partial charge on any atom is 0.0406 e. The van der Waals surface area contributed by atoms with Gasteiger partial charge in [-0.25, -0.2) is 0 Å². The molecular formula is C9H9Cl. The molecule has 0 fully saturated rings. The normalized spacial score (nSPS) is 10.6. The first-order chi connectivity index (χ1) is 4.83. The Labute approximate surface area is 66.1 Å². The summed E-state index contributed by atoms with van der Waals surface area (Å²) < 4.78 is 0. The van der Waals surface area contributed by atoms with Crippen molar-refractivity contribution >= 4 is 17.7 Å². The van der Waals surface area contributed by atoms with Crippen molar-refractivity contribution in [2.24, 2.45) is 0 Å². The third kappa shape index (κ3) is 1.89. The molecule has 0 aromatic heterocycles. The first-order valence-corrected chi connectivity index (χ1v) is 3.59. The Bertz CT molecular complexity index is 221. The zero-order chi connectivity index (χ0) is 7.40. The number of hydrogen-bond donors (Lipinski definition) is 0. The fraction of sp³-hybridized carbons (Fsp3) is 0.111. The van der Waals surface area contributed by atoms with E-state index < -0.39 is 0 Å². The van der Waals surface area contributed by atoms with E-state index in [1.807, 2.05) is 43.3 Å². The molecule has 1 aromatic rings. The van der Waals surface area contributed by atoms with Crippen LogP contribution in [-0.4, -0.2) is 0 Å². The second-order valence-corrected chi connectivity index (χ2v) is 2.49. The molecule has 52 valence electrons. The Kier molecular flexibility index (Phi) is 2.52. The summed E-state index contributed by atoms with van der Waals surface area (Å²) in [6, 6.07) is 7.75. The second-order valence-electron chi connectivity index (χ2n) is 2.05. The molecule has 0 bridgehead atoms. The van der Waals surface area contributed by atoms with Crippen LogP contribution in [0.4, 0.5) is 0 Å². The van der Waals surface area contributed by atoms with Crippen LogP contribution in [0.2, 0.25) is 5.02 Å². The van der Waals surface area contributed by atoms with Crippen LogP contribution >= 0.6 is 11.6 Å². The fourth-order valence-electron chi connectivity index (χ4n) is 0.766. The minimum absolute atomic E-state index is 0.785. The van der Waals surface area contributed by atoms with Gasteiger partial charge in [0.15, 0.2) is 0 Å². The van der Waals surface area contributed by atoms with Gasteiger partial charge in [-0.1, -0.05) is 35.9 Å². The third-order valence-electron chi connectivity index (χ3n) is 1.23. The lowest BCUT2D eigenvalue weighted by atomic mass is 10.2. The summed E-state index contributed by atoms with van der Waals surface area (Å²) in [5.74, 6) is 0.